The zero-order valence-electron chi connectivity index (χ0n) is 15.3. The quantitative estimate of drug-likeness (QED) is 0.737. The lowest BCUT2D eigenvalue weighted by Gasteiger charge is -2.36. The highest BCUT2D eigenvalue weighted by Gasteiger charge is 2.17. The lowest BCUT2D eigenvalue weighted by molar-refractivity contribution is 0.255. The predicted molar refractivity (Wildman–Crippen MR) is 106 cm³/mol. The minimum atomic E-state index is -0.179. The number of fused-ring (bicyclic) bond motifs is 1. The van der Waals surface area contributed by atoms with Gasteiger partial charge in [0.2, 0.25) is 0 Å². The Morgan fingerprint density at radius 1 is 1.00 bits per heavy atom. The molecule has 1 fully saturated rings. The molecule has 0 bridgehead atoms. The van der Waals surface area contributed by atoms with Crippen LogP contribution < -0.4 is 4.90 Å². The number of aryl methyl sites for hydroxylation is 2. The number of benzene rings is 2. The molecule has 0 aliphatic carbocycles. The first kappa shape index (κ1) is 17.1. The van der Waals surface area contributed by atoms with Gasteiger partial charge in [0.1, 0.15) is 5.82 Å². The van der Waals surface area contributed by atoms with E-state index in [1.807, 2.05) is 6.07 Å². The van der Waals surface area contributed by atoms with Crippen LogP contribution in [0.1, 0.15) is 17.7 Å². The molecule has 4 rings (SSSR count). The number of hydrogen-bond donors (Lipinski definition) is 1. The minimum absolute atomic E-state index is 0.179. The predicted octanol–water partition coefficient (Wildman–Crippen LogP) is 4.37. The highest BCUT2D eigenvalue weighted by Crippen LogP contribution is 2.24. The fourth-order valence-electron chi connectivity index (χ4n) is 4.03. The van der Waals surface area contributed by atoms with Gasteiger partial charge in [-0.3, -0.25) is 4.90 Å². The van der Waals surface area contributed by atoms with Crippen molar-refractivity contribution < 1.29 is 4.39 Å². The molecule has 1 N–H and O–H groups in total. The average Bonchev–Trinajstić information content (AvgIpc) is 2.97. The van der Waals surface area contributed by atoms with Gasteiger partial charge in [0.15, 0.2) is 0 Å². The van der Waals surface area contributed by atoms with Gasteiger partial charge < -0.3 is 9.88 Å². The summed E-state index contributed by atoms with van der Waals surface area (Å²) in [6.07, 6.45) is 2.17. The molecule has 3 nitrogen and oxygen atoms in total. The number of nitrogens with zero attached hydrogens (tertiary/aromatic N) is 2. The molecule has 0 unspecified atom stereocenters. The second-order valence-corrected chi connectivity index (χ2v) is 7.19. The van der Waals surface area contributed by atoms with Gasteiger partial charge in [0, 0.05) is 48.5 Å². The molecule has 0 saturated carbocycles. The fourth-order valence-corrected chi connectivity index (χ4v) is 4.03. The van der Waals surface area contributed by atoms with E-state index in [2.05, 4.69) is 52.0 Å². The molecule has 0 amide bonds. The minimum Gasteiger partial charge on any atom is -0.369 e. The maximum atomic E-state index is 13.4. The van der Waals surface area contributed by atoms with Crippen molar-refractivity contribution in [1.29, 1.82) is 0 Å². The van der Waals surface area contributed by atoms with E-state index in [0.29, 0.717) is 0 Å². The number of aromatic nitrogens is 1. The molecule has 26 heavy (non-hydrogen) atoms. The Hall–Kier alpha value is -2.33. The maximum absolute atomic E-state index is 13.4. The summed E-state index contributed by atoms with van der Waals surface area (Å²) >= 11 is 0. The second-order valence-electron chi connectivity index (χ2n) is 7.19. The number of rotatable bonds is 5. The molecule has 3 aromatic rings. The highest BCUT2D eigenvalue weighted by atomic mass is 19.1. The smallest absolute Gasteiger partial charge is 0.125 e. The zero-order valence-corrected chi connectivity index (χ0v) is 15.3. The molecular formula is C22H26FN3. The van der Waals surface area contributed by atoms with Gasteiger partial charge in [-0.1, -0.05) is 18.2 Å². The van der Waals surface area contributed by atoms with E-state index in [1.54, 1.807) is 12.1 Å². The average molecular weight is 351 g/mol. The number of aromatic amines is 1. The van der Waals surface area contributed by atoms with Gasteiger partial charge in [-0.25, -0.2) is 4.39 Å². The Balaban J connectivity index is 1.30. The molecule has 0 spiro atoms. The summed E-state index contributed by atoms with van der Waals surface area (Å²) in [7, 11) is 0. The van der Waals surface area contributed by atoms with E-state index >= 15 is 0 Å². The van der Waals surface area contributed by atoms with Crippen LogP contribution in [0.15, 0.2) is 48.5 Å². The molecule has 4 heteroatoms. The zero-order chi connectivity index (χ0) is 17.9. The number of piperazine rings is 1. The molecule has 1 aliphatic rings. The molecular weight excluding hydrogens is 325 g/mol. The molecule has 2 aromatic carbocycles. The van der Waals surface area contributed by atoms with Crippen LogP contribution in [0.25, 0.3) is 10.9 Å². The lowest BCUT2D eigenvalue weighted by atomic mass is 10.1. The van der Waals surface area contributed by atoms with Crippen molar-refractivity contribution in [1.82, 2.24) is 9.88 Å². The third-order valence-electron chi connectivity index (χ3n) is 5.48. The van der Waals surface area contributed by atoms with E-state index in [9.17, 15) is 4.39 Å². The van der Waals surface area contributed by atoms with Crippen LogP contribution in [0.2, 0.25) is 0 Å². The molecule has 136 valence electrons. The summed E-state index contributed by atoms with van der Waals surface area (Å²) in [6, 6.07) is 15.7. The maximum Gasteiger partial charge on any atom is 0.125 e. The summed E-state index contributed by atoms with van der Waals surface area (Å²) in [5, 5.41) is 1.16. The van der Waals surface area contributed by atoms with Crippen LogP contribution in [0.3, 0.4) is 0 Å². The van der Waals surface area contributed by atoms with Gasteiger partial charge in [0.05, 0.1) is 0 Å². The Bertz CT molecular complexity index is 864. The van der Waals surface area contributed by atoms with E-state index < -0.39 is 0 Å². The van der Waals surface area contributed by atoms with Crippen LogP contribution in [0, 0.1) is 12.7 Å². The Morgan fingerprint density at radius 3 is 2.54 bits per heavy atom. The molecule has 0 atom stereocenters. The summed E-state index contributed by atoms with van der Waals surface area (Å²) in [4.78, 5) is 8.35. The van der Waals surface area contributed by atoms with E-state index in [-0.39, 0.29) is 5.82 Å². The number of hydrogen-bond acceptors (Lipinski definition) is 2. The monoisotopic (exact) mass is 351 g/mol. The van der Waals surface area contributed by atoms with Crippen molar-refractivity contribution in [3.8, 4) is 0 Å². The van der Waals surface area contributed by atoms with E-state index in [1.165, 1.54) is 16.9 Å². The summed E-state index contributed by atoms with van der Waals surface area (Å²) in [5.74, 6) is -0.179. The number of nitrogens with one attached hydrogen (secondary N) is 1. The number of para-hydroxylation sites is 1. The highest BCUT2D eigenvalue weighted by molar-refractivity contribution is 5.84. The molecule has 0 radical (unpaired) electrons. The van der Waals surface area contributed by atoms with Crippen LogP contribution >= 0.6 is 0 Å². The summed E-state index contributed by atoms with van der Waals surface area (Å²) in [6.45, 7) is 7.63. The van der Waals surface area contributed by atoms with Crippen LogP contribution in [0.5, 0.6) is 0 Å². The molecule has 1 saturated heterocycles. The largest absolute Gasteiger partial charge is 0.369 e. The number of anilines is 1. The van der Waals surface area contributed by atoms with Crippen molar-refractivity contribution in [3.05, 3.63) is 65.6 Å². The first-order valence-electron chi connectivity index (χ1n) is 9.50. The van der Waals surface area contributed by atoms with Crippen molar-refractivity contribution in [3.63, 3.8) is 0 Å². The van der Waals surface area contributed by atoms with Crippen LogP contribution in [-0.4, -0.2) is 42.6 Å². The topological polar surface area (TPSA) is 22.3 Å². The van der Waals surface area contributed by atoms with Crippen molar-refractivity contribution in [2.45, 2.75) is 19.8 Å². The first-order valence-corrected chi connectivity index (χ1v) is 9.50. The van der Waals surface area contributed by atoms with Crippen LogP contribution in [-0.2, 0) is 6.42 Å². The summed E-state index contributed by atoms with van der Waals surface area (Å²) < 4.78 is 13.4. The third kappa shape index (κ3) is 3.61. The van der Waals surface area contributed by atoms with Gasteiger partial charge >= 0.3 is 0 Å². The van der Waals surface area contributed by atoms with E-state index in [0.717, 1.165) is 56.5 Å². The molecule has 1 aromatic heterocycles. The Labute approximate surface area is 154 Å². The Morgan fingerprint density at radius 2 is 1.77 bits per heavy atom. The van der Waals surface area contributed by atoms with Crippen molar-refractivity contribution in [2.24, 2.45) is 0 Å². The van der Waals surface area contributed by atoms with E-state index in [4.69, 9.17) is 0 Å². The third-order valence-corrected chi connectivity index (χ3v) is 5.48. The fraction of sp³-hybridized carbons (Fsp3) is 0.364. The first-order chi connectivity index (χ1) is 12.7. The molecule has 2 heterocycles. The normalized spacial score (nSPS) is 15.7. The summed E-state index contributed by atoms with van der Waals surface area (Å²) in [5.41, 5.74) is 4.74. The van der Waals surface area contributed by atoms with Gasteiger partial charge in [-0.05, 0) is 62.2 Å². The Kier molecular flexibility index (Phi) is 4.93. The number of H-pyrrole nitrogens is 1. The lowest BCUT2D eigenvalue weighted by Crippen LogP contribution is -2.46. The van der Waals surface area contributed by atoms with Crippen molar-refractivity contribution in [2.75, 3.05) is 37.6 Å². The van der Waals surface area contributed by atoms with Gasteiger partial charge in [-0.2, -0.15) is 0 Å². The van der Waals surface area contributed by atoms with Crippen LogP contribution in [0.4, 0.5) is 10.1 Å². The van der Waals surface area contributed by atoms with Crippen molar-refractivity contribution >= 4 is 16.6 Å². The standard InChI is InChI=1S/C22H26FN3/c1-17-20(21-10-9-18(23)16-22(21)24-17)8-5-11-25-12-14-26(15-13-25)19-6-3-2-4-7-19/h2-4,6-7,9-10,16,24H,5,8,11-15H2,1H3. The SMILES string of the molecule is Cc1[nH]c2cc(F)ccc2c1CCCN1CCN(c2ccccc2)CC1. The van der Waals surface area contributed by atoms with Gasteiger partial charge in [-0.15, -0.1) is 0 Å². The molecule has 1 aliphatic heterocycles. The van der Waals surface area contributed by atoms with Gasteiger partial charge in [0.25, 0.3) is 0 Å². The second kappa shape index (κ2) is 7.50. The number of halogens is 1.